The van der Waals surface area contributed by atoms with E-state index in [1.54, 1.807) is 10.8 Å². The molecule has 0 radical (unpaired) electrons. The van der Waals surface area contributed by atoms with Crippen molar-refractivity contribution in [3.05, 3.63) is 18.5 Å². The summed E-state index contributed by atoms with van der Waals surface area (Å²) in [4.78, 5) is 2.34. The van der Waals surface area contributed by atoms with Crippen LogP contribution in [-0.2, 0) is 0 Å². The summed E-state index contributed by atoms with van der Waals surface area (Å²) in [5.41, 5.74) is 0.800. The monoisotopic (exact) mass is 217 g/mol. The van der Waals surface area contributed by atoms with E-state index >= 15 is 0 Å². The highest BCUT2D eigenvalue weighted by Gasteiger charge is 2.17. The molecule has 16 heavy (non-hydrogen) atoms. The summed E-state index contributed by atoms with van der Waals surface area (Å²) in [6, 6.07) is 4.00. The first-order valence-electron chi connectivity index (χ1n) is 5.75. The third-order valence-electron chi connectivity index (χ3n) is 3.13. The summed E-state index contributed by atoms with van der Waals surface area (Å²) in [5, 5.41) is 12.3. The van der Waals surface area contributed by atoms with Gasteiger partial charge >= 0.3 is 0 Å². The van der Waals surface area contributed by atoms with E-state index in [-0.39, 0.29) is 0 Å². The third kappa shape index (κ3) is 1.62. The van der Waals surface area contributed by atoms with E-state index in [0.717, 1.165) is 30.5 Å². The van der Waals surface area contributed by atoms with Crippen LogP contribution in [0, 0.1) is 5.92 Å². The number of anilines is 1. The van der Waals surface area contributed by atoms with E-state index in [9.17, 15) is 0 Å². The quantitative estimate of drug-likeness (QED) is 0.723. The zero-order valence-electron chi connectivity index (χ0n) is 9.37. The Bertz CT molecular complexity index is 492. The van der Waals surface area contributed by atoms with Crippen LogP contribution in [0.2, 0.25) is 0 Å². The Morgan fingerprint density at radius 1 is 1.38 bits per heavy atom. The molecule has 0 N–H and O–H groups in total. The first kappa shape index (κ1) is 9.57. The average Bonchev–Trinajstić information content (AvgIpc) is 2.75. The summed E-state index contributed by atoms with van der Waals surface area (Å²) in [6.45, 7) is 4.50. The van der Waals surface area contributed by atoms with Gasteiger partial charge in [-0.1, -0.05) is 6.92 Å². The molecule has 1 fully saturated rings. The molecule has 0 saturated carbocycles. The van der Waals surface area contributed by atoms with Gasteiger partial charge in [-0.25, -0.2) is 0 Å². The number of rotatable bonds is 1. The third-order valence-corrected chi connectivity index (χ3v) is 3.13. The van der Waals surface area contributed by atoms with Crippen LogP contribution >= 0.6 is 0 Å². The van der Waals surface area contributed by atoms with E-state index in [2.05, 4.69) is 27.1 Å². The fourth-order valence-electron chi connectivity index (χ4n) is 2.28. The zero-order valence-corrected chi connectivity index (χ0v) is 9.37. The van der Waals surface area contributed by atoms with E-state index in [0.29, 0.717) is 0 Å². The van der Waals surface area contributed by atoms with Crippen molar-refractivity contribution in [3.8, 4) is 0 Å². The second kappa shape index (κ2) is 3.73. The van der Waals surface area contributed by atoms with E-state index in [1.807, 2.05) is 12.1 Å². The van der Waals surface area contributed by atoms with Crippen LogP contribution < -0.4 is 4.90 Å². The van der Waals surface area contributed by atoms with Crippen molar-refractivity contribution in [1.29, 1.82) is 0 Å². The van der Waals surface area contributed by atoms with E-state index < -0.39 is 0 Å². The lowest BCUT2D eigenvalue weighted by molar-refractivity contribution is 0.443. The zero-order chi connectivity index (χ0) is 11.0. The van der Waals surface area contributed by atoms with Crippen LogP contribution in [0.3, 0.4) is 0 Å². The van der Waals surface area contributed by atoms with Gasteiger partial charge in [0.25, 0.3) is 0 Å². The lowest BCUT2D eigenvalue weighted by Crippen LogP contribution is -2.35. The number of hydrogen-bond acceptors (Lipinski definition) is 4. The maximum atomic E-state index is 4.51. The van der Waals surface area contributed by atoms with Gasteiger partial charge in [-0.15, -0.1) is 15.3 Å². The normalized spacial score (nSPS) is 21.6. The number of hydrogen-bond donors (Lipinski definition) is 0. The topological polar surface area (TPSA) is 46.3 Å². The van der Waals surface area contributed by atoms with Crippen LogP contribution in [0.1, 0.15) is 19.8 Å². The largest absolute Gasteiger partial charge is 0.355 e. The molecule has 3 heterocycles. The molecular formula is C11H15N5. The first-order chi connectivity index (χ1) is 7.83. The molecule has 2 aromatic heterocycles. The van der Waals surface area contributed by atoms with Crippen LogP contribution in [0.15, 0.2) is 18.5 Å². The SMILES string of the molecule is C[C@H]1CCCN(c2ccc3nncn3n2)C1. The Morgan fingerprint density at radius 2 is 2.31 bits per heavy atom. The van der Waals surface area contributed by atoms with Crippen LogP contribution in [-0.4, -0.2) is 32.9 Å². The maximum absolute atomic E-state index is 4.51. The molecule has 1 aliphatic heterocycles. The molecule has 0 bridgehead atoms. The standard InChI is InChI=1S/C11H15N5/c1-9-3-2-6-15(7-9)11-5-4-10-13-12-8-16(10)14-11/h4-5,8-9H,2-3,6-7H2,1H3/t9-/m0/s1. The summed E-state index contributed by atoms with van der Waals surface area (Å²) in [6.07, 6.45) is 4.22. The fourth-order valence-corrected chi connectivity index (χ4v) is 2.28. The fraction of sp³-hybridized carbons (Fsp3) is 0.545. The van der Waals surface area contributed by atoms with Gasteiger partial charge in [0.15, 0.2) is 5.65 Å². The highest BCUT2D eigenvalue weighted by molar-refractivity contribution is 5.45. The summed E-state index contributed by atoms with van der Waals surface area (Å²) < 4.78 is 1.73. The minimum absolute atomic E-state index is 0.757. The van der Waals surface area contributed by atoms with E-state index in [1.165, 1.54) is 12.8 Å². The van der Waals surface area contributed by atoms with Gasteiger partial charge in [-0.05, 0) is 30.9 Å². The van der Waals surface area contributed by atoms with Crippen LogP contribution in [0.5, 0.6) is 0 Å². The molecule has 0 amide bonds. The van der Waals surface area contributed by atoms with Crippen LogP contribution in [0.25, 0.3) is 5.65 Å². The Hall–Kier alpha value is -1.65. The van der Waals surface area contributed by atoms with Gasteiger partial charge in [0.2, 0.25) is 0 Å². The number of fused-ring (bicyclic) bond motifs is 1. The lowest BCUT2D eigenvalue weighted by Gasteiger charge is -2.31. The average molecular weight is 217 g/mol. The van der Waals surface area contributed by atoms with Gasteiger partial charge in [-0.3, -0.25) is 0 Å². The predicted octanol–water partition coefficient (Wildman–Crippen LogP) is 1.36. The molecule has 5 nitrogen and oxygen atoms in total. The van der Waals surface area contributed by atoms with Crippen molar-refractivity contribution in [2.75, 3.05) is 18.0 Å². The Balaban J connectivity index is 1.92. The summed E-state index contributed by atoms with van der Waals surface area (Å²) in [7, 11) is 0. The Kier molecular flexibility index (Phi) is 2.23. The van der Waals surface area contributed by atoms with Gasteiger partial charge < -0.3 is 4.90 Å². The lowest BCUT2D eigenvalue weighted by atomic mass is 10.0. The summed E-state index contributed by atoms with van der Waals surface area (Å²) in [5.74, 6) is 1.78. The molecule has 0 spiro atoms. The van der Waals surface area contributed by atoms with Crippen molar-refractivity contribution in [2.24, 2.45) is 5.92 Å². The molecule has 1 aliphatic rings. The Morgan fingerprint density at radius 3 is 3.19 bits per heavy atom. The van der Waals surface area contributed by atoms with Gasteiger partial charge in [0.1, 0.15) is 12.1 Å². The number of aromatic nitrogens is 4. The molecule has 2 aromatic rings. The minimum atomic E-state index is 0.757. The van der Waals surface area contributed by atoms with Crippen molar-refractivity contribution in [3.63, 3.8) is 0 Å². The minimum Gasteiger partial charge on any atom is -0.355 e. The molecule has 1 saturated heterocycles. The molecule has 0 unspecified atom stereocenters. The molecule has 0 aliphatic carbocycles. The first-order valence-corrected chi connectivity index (χ1v) is 5.75. The second-order valence-electron chi connectivity index (χ2n) is 4.52. The molecule has 1 atom stereocenters. The maximum Gasteiger partial charge on any atom is 0.177 e. The molecule has 3 rings (SSSR count). The molecular weight excluding hydrogens is 202 g/mol. The highest BCUT2D eigenvalue weighted by Crippen LogP contribution is 2.20. The van der Waals surface area contributed by atoms with Gasteiger partial charge in [0, 0.05) is 13.1 Å². The van der Waals surface area contributed by atoms with Crippen molar-refractivity contribution >= 4 is 11.5 Å². The van der Waals surface area contributed by atoms with Crippen molar-refractivity contribution in [1.82, 2.24) is 19.8 Å². The summed E-state index contributed by atoms with van der Waals surface area (Å²) >= 11 is 0. The van der Waals surface area contributed by atoms with Gasteiger partial charge in [-0.2, -0.15) is 4.52 Å². The predicted molar refractivity (Wildman–Crippen MR) is 61.4 cm³/mol. The second-order valence-corrected chi connectivity index (χ2v) is 4.52. The molecule has 0 aromatic carbocycles. The number of nitrogens with zero attached hydrogens (tertiary/aromatic N) is 5. The van der Waals surface area contributed by atoms with Crippen LogP contribution in [0.4, 0.5) is 5.82 Å². The molecule has 5 heteroatoms. The van der Waals surface area contributed by atoms with Crippen molar-refractivity contribution in [2.45, 2.75) is 19.8 Å². The van der Waals surface area contributed by atoms with Gasteiger partial charge in [0.05, 0.1) is 0 Å². The number of piperidine rings is 1. The smallest absolute Gasteiger partial charge is 0.177 e. The van der Waals surface area contributed by atoms with Crippen molar-refractivity contribution < 1.29 is 0 Å². The van der Waals surface area contributed by atoms with E-state index in [4.69, 9.17) is 0 Å². The highest BCUT2D eigenvalue weighted by atomic mass is 15.4. The Labute approximate surface area is 94.1 Å². The molecule has 84 valence electrons.